The van der Waals surface area contributed by atoms with Crippen LogP contribution in [0.5, 0.6) is 69.0 Å². The molecule has 0 amide bonds. The van der Waals surface area contributed by atoms with E-state index in [1.807, 2.05) is 0 Å². The van der Waals surface area contributed by atoms with Gasteiger partial charge in [-0.25, -0.2) is 28.8 Å². The molecule has 9 aliphatic rings. The van der Waals surface area contributed by atoms with E-state index in [2.05, 4.69) is 0 Å². The minimum Gasteiger partial charge on any atom is -0.493 e. The van der Waals surface area contributed by atoms with E-state index in [1.165, 1.54) is 85.1 Å². The number of methoxy groups -OCH3 is 6. The first-order chi connectivity index (χ1) is 52.4. The summed E-state index contributed by atoms with van der Waals surface area (Å²) < 4.78 is 133. The molecule has 9 fully saturated rings. The zero-order chi connectivity index (χ0) is 75.7. The third-order valence-corrected chi connectivity index (χ3v) is 17.3. The Morgan fingerprint density at radius 2 is 0.407 bits per heavy atom. The van der Waals surface area contributed by atoms with E-state index in [1.54, 1.807) is 30.3 Å². The fourth-order valence-corrected chi connectivity index (χ4v) is 10.6. The summed E-state index contributed by atoms with van der Waals surface area (Å²) in [6.45, 7) is 6.95. The lowest BCUT2D eigenvalue weighted by atomic mass is 9.97. The molecule has 3 N–H and O–H groups in total. The van der Waals surface area contributed by atoms with Crippen molar-refractivity contribution in [3.63, 3.8) is 0 Å². The van der Waals surface area contributed by atoms with Crippen LogP contribution in [-0.2, 0) is 56.8 Å². The number of aromatic carboxylic acids is 3. The van der Waals surface area contributed by atoms with Gasteiger partial charge in [0.25, 0.3) is 0 Å². The van der Waals surface area contributed by atoms with Crippen LogP contribution >= 0.6 is 0 Å². The van der Waals surface area contributed by atoms with Gasteiger partial charge in [-0.05, 0) is 72.8 Å². The van der Waals surface area contributed by atoms with Gasteiger partial charge in [-0.1, -0.05) is 0 Å². The molecule has 9 atom stereocenters. The second-order valence-corrected chi connectivity index (χ2v) is 25.5. The van der Waals surface area contributed by atoms with E-state index in [-0.39, 0.29) is 199 Å². The number of epoxide rings is 9. The van der Waals surface area contributed by atoms with Gasteiger partial charge in [0.05, 0.1) is 136 Å². The van der Waals surface area contributed by atoms with Crippen LogP contribution in [0.15, 0.2) is 72.8 Å². The number of esters is 3. The van der Waals surface area contributed by atoms with E-state index in [9.17, 15) is 44.1 Å². The second kappa shape index (κ2) is 34.1. The van der Waals surface area contributed by atoms with Crippen LogP contribution in [0.1, 0.15) is 62.1 Å². The zero-order valence-electron chi connectivity index (χ0n) is 59.4. The van der Waals surface area contributed by atoms with Crippen molar-refractivity contribution in [1.82, 2.24) is 0 Å². The third kappa shape index (κ3) is 20.1. The molecule has 0 aromatic heterocycles. The zero-order valence-corrected chi connectivity index (χ0v) is 59.4. The molecular weight excluding hydrogens is 1430 g/mol. The Hall–Kier alpha value is -10.6. The van der Waals surface area contributed by atoms with E-state index >= 15 is 0 Å². The van der Waals surface area contributed by atoms with Gasteiger partial charge in [0, 0.05) is 33.4 Å². The highest BCUT2D eigenvalue weighted by Gasteiger charge is 2.37. The smallest absolute Gasteiger partial charge is 0.338 e. The highest BCUT2D eigenvalue weighted by atomic mass is 16.7. The molecule has 0 bridgehead atoms. The van der Waals surface area contributed by atoms with Crippen molar-refractivity contribution in [2.24, 2.45) is 0 Å². The van der Waals surface area contributed by atoms with Crippen molar-refractivity contribution in [2.75, 3.05) is 162 Å². The number of carbonyl (C=O) groups is 6. The largest absolute Gasteiger partial charge is 0.493 e. The number of hydrogen-bond donors (Lipinski definition) is 3. The Balaban J connectivity index is 0.000000144. The summed E-state index contributed by atoms with van der Waals surface area (Å²) in [5.74, 6) is -2.08. The summed E-state index contributed by atoms with van der Waals surface area (Å²) in [7, 11) is 8.60. The van der Waals surface area contributed by atoms with Crippen molar-refractivity contribution in [2.45, 2.75) is 54.9 Å². The number of rotatable bonds is 39. The number of carboxylic acid groups (broad SMARTS) is 3. The molecule has 15 rings (SSSR count). The maximum Gasteiger partial charge on any atom is 0.338 e. The van der Waals surface area contributed by atoms with E-state index in [0.29, 0.717) is 110 Å². The normalized spacial score (nSPS) is 21.3. The molecule has 0 saturated carbocycles. The molecule has 33 nitrogen and oxygen atoms in total. The molecule has 0 spiro atoms. The van der Waals surface area contributed by atoms with Gasteiger partial charge < -0.3 is 129 Å². The molecule has 33 heteroatoms. The van der Waals surface area contributed by atoms with Crippen molar-refractivity contribution in [3.8, 4) is 102 Å². The predicted molar refractivity (Wildman–Crippen MR) is 367 cm³/mol. The summed E-state index contributed by atoms with van der Waals surface area (Å²) >= 11 is 0. The lowest BCUT2D eigenvalue weighted by Crippen LogP contribution is -2.13. The van der Waals surface area contributed by atoms with Crippen LogP contribution in [0.25, 0.3) is 33.4 Å². The molecule has 6 aromatic rings. The lowest BCUT2D eigenvalue weighted by molar-refractivity contribution is 0.0468. The molecule has 0 aliphatic carbocycles. The molecule has 9 saturated heterocycles. The van der Waals surface area contributed by atoms with Crippen LogP contribution in [0, 0.1) is 0 Å². The Bertz CT molecular complexity index is 4130. The molecule has 9 unspecified atom stereocenters. The Kier molecular flexibility index (Phi) is 23.9. The number of carbonyl (C=O) groups excluding carboxylic acids is 3. The predicted octanol–water partition coefficient (Wildman–Crippen LogP) is 6.54. The van der Waals surface area contributed by atoms with Gasteiger partial charge in [0.2, 0.25) is 0 Å². The Morgan fingerprint density at radius 1 is 0.259 bits per heavy atom. The van der Waals surface area contributed by atoms with Crippen LogP contribution in [-0.4, -0.2) is 268 Å². The van der Waals surface area contributed by atoms with Crippen LogP contribution in [0.3, 0.4) is 0 Å². The van der Waals surface area contributed by atoms with Gasteiger partial charge in [0.15, 0.2) is 69.0 Å². The maximum absolute atomic E-state index is 13.0. The van der Waals surface area contributed by atoms with E-state index in [4.69, 9.17) is 114 Å². The fourth-order valence-electron chi connectivity index (χ4n) is 10.6. The topological polar surface area (TPSA) is 414 Å². The standard InChI is InChI=1S/C28H30O12.C25H26O11.C22H22O10/c1-31-23-5-15(27(29)39-13-19-9-35-19)3-21(25(23)37-11-17-7-33-17)22-4-16(28(30)40-14-20-10-36-20)6-24(32-2)26(22)38-12-18-8-34-18;1-29-20-5-13(24(26)27)3-18(22(20)34-10-15-7-31-15)19-4-14(25(28)36-12-17-9-33-17)6-21(30-2)23(19)35-11-16-8-32-16;1-27-17-5-11(21(23)24)3-15(19(17)31-9-13-7-29-13)16-4-12(22(25)26)6-18(28-2)20(16)32-10-14-8-30-14/h3-6,17-20H,7-14H2,1-2H3;3-6,15-17H,7-12H2,1-2H3,(H,26,27);3-6,13-14H,7-10H2,1-2H3,(H,23,24)(H,25,26). The number of benzene rings is 6. The monoisotopic (exact) mass is 1510 g/mol. The van der Waals surface area contributed by atoms with E-state index in [0.717, 1.165) is 0 Å². The highest BCUT2D eigenvalue weighted by Crippen LogP contribution is 2.51. The average molecular weight is 1510 g/mol. The van der Waals surface area contributed by atoms with Gasteiger partial charge >= 0.3 is 35.8 Å². The lowest BCUT2D eigenvalue weighted by Gasteiger charge is -2.21. The number of carboxylic acids is 3. The summed E-state index contributed by atoms with van der Waals surface area (Å²) in [5, 5.41) is 29.0. The number of ether oxygens (including phenoxy) is 24. The first-order valence-corrected chi connectivity index (χ1v) is 34.3. The molecule has 9 heterocycles. The summed E-state index contributed by atoms with van der Waals surface area (Å²) in [5.41, 5.74) is 2.61. The van der Waals surface area contributed by atoms with E-state index < -0.39 is 35.8 Å². The van der Waals surface area contributed by atoms with Crippen molar-refractivity contribution in [1.29, 1.82) is 0 Å². The van der Waals surface area contributed by atoms with Gasteiger partial charge in [0.1, 0.15) is 114 Å². The Labute approximate surface area is 616 Å². The quantitative estimate of drug-likeness (QED) is 0.0209. The fraction of sp³-hybridized carbons (Fsp3) is 0.440. The van der Waals surface area contributed by atoms with Crippen molar-refractivity contribution < 1.29 is 158 Å². The summed E-state index contributed by atoms with van der Waals surface area (Å²) in [4.78, 5) is 74.4. The van der Waals surface area contributed by atoms with Gasteiger partial charge in [-0.3, -0.25) is 0 Å². The number of hydrogen-bond acceptors (Lipinski definition) is 30. The van der Waals surface area contributed by atoms with Crippen LogP contribution in [0.4, 0.5) is 0 Å². The minimum atomic E-state index is -1.18. The average Bonchev–Trinajstić information content (AvgIpc) is 1.71. The third-order valence-electron chi connectivity index (χ3n) is 17.3. The highest BCUT2D eigenvalue weighted by molar-refractivity contribution is 6.00. The van der Waals surface area contributed by atoms with Crippen molar-refractivity contribution >= 4 is 35.8 Å². The summed E-state index contributed by atoms with van der Waals surface area (Å²) in [6.07, 6.45) is -0.666. The molecule has 9 aliphatic heterocycles. The second-order valence-electron chi connectivity index (χ2n) is 25.5. The molecule has 576 valence electrons. The molecule has 0 radical (unpaired) electrons. The molecular formula is C75H78O33. The first-order valence-electron chi connectivity index (χ1n) is 34.3. The van der Waals surface area contributed by atoms with Crippen LogP contribution in [0.2, 0.25) is 0 Å². The summed E-state index contributed by atoms with van der Waals surface area (Å²) in [6, 6.07) is 17.7. The Morgan fingerprint density at radius 3 is 0.556 bits per heavy atom. The SMILES string of the molecule is COc1cc(C(=O)O)cc(-c2cc(C(=O)O)cc(OC)c2OCC2CO2)c1OCC1CO1.COc1cc(C(=O)O)cc(-c2cc(C(=O)OCC3CO3)cc(OC)c2OCC2CO2)c1OCC1CO1.COc1cc(C(=O)OCC2CO2)cc(-c2cc(C(=O)OCC3CO3)cc(OC)c2OCC2CO2)c1OCC1CO1. The molecule has 108 heavy (non-hydrogen) atoms. The first kappa shape index (κ1) is 75.6. The molecule has 6 aromatic carbocycles. The van der Waals surface area contributed by atoms with Crippen LogP contribution < -0.4 is 56.8 Å². The van der Waals surface area contributed by atoms with Crippen molar-refractivity contribution in [3.05, 3.63) is 106 Å². The maximum atomic E-state index is 13.0. The minimum absolute atomic E-state index is 0.0359. The van der Waals surface area contributed by atoms with Gasteiger partial charge in [-0.2, -0.15) is 0 Å². The van der Waals surface area contributed by atoms with Gasteiger partial charge in [-0.15, -0.1) is 0 Å².